The third-order valence-electron chi connectivity index (χ3n) is 3.25. The molecule has 1 aliphatic rings. The largest absolute Gasteiger partial charge is 0.382 e. The molecule has 1 N–H and O–H groups in total. The Morgan fingerprint density at radius 2 is 2.31 bits per heavy atom. The maximum absolute atomic E-state index is 5.42. The number of hydrogen-bond acceptors (Lipinski definition) is 2. The van der Waals surface area contributed by atoms with Gasteiger partial charge in [0.05, 0.1) is 6.61 Å². The molecule has 3 heteroatoms. The van der Waals surface area contributed by atoms with E-state index >= 15 is 0 Å². The van der Waals surface area contributed by atoms with Crippen molar-refractivity contribution in [2.75, 3.05) is 18.5 Å². The molecule has 2 nitrogen and oxygen atoms in total. The summed E-state index contributed by atoms with van der Waals surface area (Å²) in [5.41, 5.74) is 2.50. The van der Waals surface area contributed by atoms with Crippen LogP contribution in [0.5, 0.6) is 0 Å². The molecule has 1 aromatic carbocycles. The first-order valence-corrected chi connectivity index (χ1v) is 6.56. The van der Waals surface area contributed by atoms with Crippen molar-refractivity contribution < 1.29 is 4.74 Å². The second kappa shape index (κ2) is 5.19. The smallest absolute Gasteiger partial charge is 0.0514 e. The van der Waals surface area contributed by atoms with Crippen LogP contribution in [0, 0.1) is 12.8 Å². The number of benzene rings is 1. The van der Waals surface area contributed by atoms with E-state index in [-0.39, 0.29) is 0 Å². The lowest BCUT2D eigenvalue weighted by Crippen LogP contribution is -2.26. The molecule has 1 aliphatic heterocycles. The van der Waals surface area contributed by atoms with Gasteiger partial charge in [0.1, 0.15) is 0 Å². The lowest BCUT2D eigenvalue weighted by atomic mass is 10.00. The quantitative estimate of drug-likeness (QED) is 0.915. The van der Waals surface area contributed by atoms with Gasteiger partial charge in [-0.25, -0.2) is 0 Å². The number of rotatable bonds is 3. The lowest BCUT2D eigenvalue weighted by molar-refractivity contribution is 0.183. The molecule has 1 aromatic rings. The summed E-state index contributed by atoms with van der Waals surface area (Å²) in [6.45, 7) is 6.17. The van der Waals surface area contributed by atoms with E-state index in [1.54, 1.807) is 0 Å². The van der Waals surface area contributed by atoms with E-state index in [9.17, 15) is 0 Å². The summed E-state index contributed by atoms with van der Waals surface area (Å²) in [6, 6.07) is 6.81. The zero-order chi connectivity index (χ0) is 11.5. The van der Waals surface area contributed by atoms with E-state index in [1.165, 1.54) is 17.7 Å². The Labute approximate surface area is 106 Å². The predicted octanol–water partition coefficient (Wildman–Crippen LogP) is 3.59. The molecule has 2 rings (SSSR count). The van der Waals surface area contributed by atoms with E-state index in [0.29, 0.717) is 12.0 Å². The first kappa shape index (κ1) is 11.9. The molecule has 88 valence electrons. The summed E-state index contributed by atoms with van der Waals surface area (Å²) < 4.78 is 6.54. The van der Waals surface area contributed by atoms with Crippen LogP contribution in [-0.2, 0) is 4.74 Å². The summed E-state index contributed by atoms with van der Waals surface area (Å²) in [4.78, 5) is 0. The van der Waals surface area contributed by atoms with Crippen LogP contribution in [-0.4, -0.2) is 19.3 Å². The lowest BCUT2D eigenvalue weighted by Gasteiger charge is -2.21. The van der Waals surface area contributed by atoms with Gasteiger partial charge >= 0.3 is 0 Å². The van der Waals surface area contributed by atoms with Crippen molar-refractivity contribution in [3.8, 4) is 0 Å². The van der Waals surface area contributed by atoms with Gasteiger partial charge in [0, 0.05) is 28.7 Å². The van der Waals surface area contributed by atoms with Crippen LogP contribution in [0.25, 0.3) is 0 Å². The molecule has 0 aliphatic carbocycles. The van der Waals surface area contributed by atoms with Crippen LogP contribution in [0.4, 0.5) is 5.69 Å². The monoisotopic (exact) mass is 283 g/mol. The molecule has 0 spiro atoms. The van der Waals surface area contributed by atoms with E-state index in [0.717, 1.165) is 17.7 Å². The van der Waals surface area contributed by atoms with Crippen molar-refractivity contribution in [3.05, 3.63) is 28.2 Å². The molecule has 2 unspecified atom stereocenters. The highest BCUT2D eigenvalue weighted by Crippen LogP contribution is 2.24. The Morgan fingerprint density at radius 1 is 1.50 bits per heavy atom. The first-order chi connectivity index (χ1) is 7.66. The number of ether oxygens (including phenoxy) is 1. The van der Waals surface area contributed by atoms with Crippen LogP contribution < -0.4 is 5.32 Å². The number of anilines is 1. The Morgan fingerprint density at radius 3 is 3.00 bits per heavy atom. The van der Waals surface area contributed by atoms with Crippen LogP contribution >= 0.6 is 15.9 Å². The second-order valence-electron chi connectivity index (χ2n) is 4.52. The van der Waals surface area contributed by atoms with Gasteiger partial charge in [0.25, 0.3) is 0 Å². The zero-order valence-corrected chi connectivity index (χ0v) is 11.4. The summed E-state index contributed by atoms with van der Waals surface area (Å²) in [6.07, 6.45) is 1.17. The normalized spacial score (nSPS) is 22.1. The topological polar surface area (TPSA) is 21.3 Å². The SMILES string of the molecule is Cc1ccc(Br)cc1NC(C)C1CCOC1. The zero-order valence-electron chi connectivity index (χ0n) is 9.79. The molecular weight excluding hydrogens is 266 g/mol. The first-order valence-electron chi connectivity index (χ1n) is 5.77. The Hall–Kier alpha value is -0.540. The number of hydrogen-bond donors (Lipinski definition) is 1. The highest BCUT2D eigenvalue weighted by atomic mass is 79.9. The molecule has 0 saturated carbocycles. The summed E-state index contributed by atoms with van der Waals surface area (Å²) in [5, 5.41) is 3.58. The Kier molecular flexibility index (Phi) is 3.87. The molecule has 0 radical (unpaired) electrons. The van der Waals surface area contributed by atoms with Crippen molar-refractivity contribution in [1.29, 1.82) is 0 Å². The van der Waals surface area contributed by atoms with Gasteiger partial charge in [-0.2, -0.15) is 0 Å². The van der Waals surface area contributed by atoms with E-state index < -0.39 is 0 Å². The van der Waals surface area contributed by atoms with Gasteiger partial charge in [0.2, 0.25) is 0 Å². The van der Waals surface area contributed by atoms with Gasteiger partial charge in [0.15, 0.2) is 0 Å². The molecule has 0 bridgehead atoms. The predicted molar refractivity (Wildman–Crippen MR) is 70.9 cm³/mol. The van der Waals surface area contributed by atoms with Crippen LogP contribution in [0.2, 0.25) is 0 Å². The van der Waals surface area contributed by atoms with Crippen LogP contribution in [0.3, 0.4) is 0 Å². The molecule has 2 atom stereocenters. The fourth-order valence-corrected chi connectivity index (χ4v) is 2.42. The summed E-state index contributed by atoms with van der Waals surface area (Å²) >= 11 is 3.51. The minimum absolute atomic E-state index is 0.468. The van der Waals surface area contributed by atoms with Crippen LogP contribution in [0.1, 0.15) is 18.9 Å². The van der Waals surface area contributed by atoms with Crippen molar-refractivity contribution >= 4 is 21.6 Å². The van der Waals surface area contributed by atoms with E-state index in [2.05, 4.69) is 53.3 Å². The van der Waals surface area contributed by atoms with Crippen LogP contribution in [0.15, 0.2) is 22.7 Å². The molecule has 1 heterocycles. The minimum atomic E-state index is 0.468. The van der Waals surface area contributed by atoms with Gasteiger partial charge < -0.3 is 10.1 Å². The third-order valence-corrected chi connectivity index (χ3v) is 3.75. The second-order valence-corrected chi connectivity index (χ2v) is 5.43. The molecule has 0 amide bonds. The molecule has 1 fully saturated rings. The fourth-order valence-electron chi connectivity index (χ4n) is 2.06. The third kappa shape index (κ3) is 2.77. The molecular formula is C13H18BrNO. The minimum Gasteiger partial charge on any atom is -0.382 e. The number of halogens is 1. The average Bonchev–Trinajstić information content (AvgIpc) is 2.76. The molecule has 16 heavy (non-hydrogen) atoms. The number of aryl methyl sites for hydroxylation is 1. The van der Waals surface area contributed by atoms with E-state index in [1.807, 2.05) is 0 Å². The maximum Gasteiger partial charge on any atom is 0.0514 e. The van der Waals surface area contributed by atoms with Crippen molar-refractivity contribution in [1.82, 2.24) is 0 Å². The number of nitrogens with one attached hydrogen (secondary N) is 1. The van der Waals surface area contributed by atoms with Crippen molar-refractivity contribution in [3.63, 3.8) is 0 Å². The average molecular weight is 284 g/mol. The highest BCUT2D eigenvalue weighted by molar-refractivity contribution is 9.10. The van der Waals surface area contributed by atoms with E-state index in [4.69, 9.17) is 4.74 Å². The highest BCUT2D eigenvalue weighted by Gasteiger charge is 2.22. The standard InChI is InChI=1S/C13H18BrNO/c1-9-3-4-12(14)7-13(9)15-10(2)11-5-6-16-8-11/h3-4,7,10-11,15H,5-6,8H2,1-2H3. The van der Waals surface area contributed by atoms with Gasteiger partial charge in [-0.05, 0) is 38.0 Å². The summed E-state index contributed by atoms with van der Waals surface area (Å²) in [7, 11) is 0. The van der Waals surface area contributed by atoms with Gasteiger partial charge in [-0.15, -0.1) is 0 Å². The molecule has 1 saturated heterocycles. The molecule has 0 aromatic heterocycles. The fraction of sp³-hybridized carbons (Fsp3) is 0.538. The Bertz CT molecular complexity index is 361. The summed E-state index contributed by atoms with van der Waals surface area (Å²) in [5.74, 6) is 0.637. The van der Waals surface area contributed by atoms with Gasteiger partial charge in [-0.3, -0.25) is 0 Å². The van der Waals surface area contributed by atoms with Crippen molar-refractivity contribution in [2.45, 2.75) is 26.3 Å². The maximum atomic E-state index is 5.42. The Balaban J connectivity index is 2.04. The van der Waals surface area contributed by atoms with Crippen molar-refractivity contribution in [2.24, 2.45) is 5.92 Å². The van der Waals surface area contributed by atoms with Gasteiger partial charge in [-0.1, -0.05) is 22.0 Å².